The zero-order chi connectivity index (χ0) is 55.0. The van der Waals surface area contributed by atoms with Crippen LogP contribution in [0.4, 0.5) is 0 Å². The maximum Gasteiger partial charge on any atom is 0.305 e. The fraction of sp³-hybridized carbons (Fsp3) is 0.857. The van der Waals surface area contributed by atoms with E-state index in [9.17, 15) is 19.8 Å². The van der Waals surface area contributed by atoms with E-state index in [4.69, 9.17) is 4.74 Å². The van der Waals surface area contributed by atoms with Gasteiger partial charge in [-0.15, -0.1) is 0 Å². The second-order valence-corrected chi connectivity index (χ2v) is 23.1. The number of carbonyl (C=O) groups excluding carboxylic acids is 2. The molecule has 0 aliphatic carbocycles. The minimum Gasteiger partial charge on any atom is -0.466 e. The van der Waals surface area contributed by atoms with Crippen LogP contribution < -0.4 is 5.32 Å². The Kier molecular flexibility index (Phi) is 63.5. The summed E-state index contributed by atoms with van der Waals surface area (Å²) in [7, 11) is 0. The number of unbranched alkanes of at least 4 members (excludes halogenated alkanes) is 46. The number of rotatable bonds is 63. The van der Waals surface area contributed by atoms with Crippen LogP contribution in [0.1, 0.15) is 361 Å². The molecule has 0 aliphatic heterocycles. The first-order chi connectivity index (χ1) is 37.5. The first-order valence-corrected chi connectivity index (χ1v) is 33.9. The van der Waals surface area contributed by atoms with Crippen molar-refractivity contribution in [1.29, 1.82) is 0 Å². The molecule has 0 aromatic heterocycles. The maximum atomic E-state index is 12.5. The molecule has 0 rings (SSSR count). The largest absolute Gasteiger partial charge is 0.466 e. The van der Waals surface area contributed by atoms with Crippen molar-refractivity contribution < 1.29 is 24.5 Å². The van der Waals surface area contributed by atoms with E-state index in [0.29, 0.717) is 19.4 Å². The molecule has 0 aromatic rings. The van der Waals surface area contributed by atoms with E-state index in [0.717, 1.165) is 57.8 Å². The maximum absolute atomic E-state index is 12.5. The van der Waals surface area contributed by atoms with Gasteiger partial charge in [-0.3, -0.25) is 9.59 Å². The van der Waals surface area contributed by atoms with E-state index in [1.807, 2.05) is 6.08 Å². The average molecular weight is 1070 g/mol. The number of aliphatic hydroxyl groups is 2. The Balaban J connectivity index is 3.46. The summed E-state index contributed by atoms with van der Waals surface area (Å²) in [4.78, 5) is 24.6. The van der Waals surface area contributed by atoms with E-state index in [2.05, 4.69) is 55.6 Å². The Labute approximate surface area is 474 Å². The molecule has 76 heavy (non-hydrogen) atoms. The van der Waals surface area contributed by atoms with Crippen LogP contribution in [0.25, 0.3) is 0 Å². The SMILES string of the molecule is CCCCCC/C=C\C/C=C\CCCCCCCCCC(=O)OCCCCCCCCCCC/C=C\CCCCCCCCCC(=O)NC(CO)C(O)/C=C/CCCCCCCCCCCCCCCCCCCCC. The first kappa shape index (κ1) is 73.8. The van der Waals surface area contributed by atoms with Crippen LogP contribution in [0.3, 0.4) is 0 Å². The van der Waals surface area contributed by atoms with Crippen molar-refractivity contribution in [3.63, 3.8) is 0 Å². The molecule has 0 bridgehead atoms. The van der Waals surface area contributed by atoms with Crippen molar-refractivity contribution in [2.45, 2.75) is 373 Å². The fourth-order valence-electron chi connectivity index (χ4n) is 10.4. The van der Waals surface area contributed by atoms with Crippen LogP contribution >= 0.6 is 0 Å². The van der Waals surface area contributed by atoms with Crippen molar-refractivity contribution in [3.8, 4) is 0 Å². The summed E-state index contributed by atoms with van der Waals surface area (Å²) in [6.45, 7) is 4.90. The van der Waals surface area contributed by atoms with Crippen LogP contribution in [0.2, 0.25) is 0 Å². The molecule has 0 saturated heterocycles. The summed E-state index contributed by atoms with van der Waals surface area (Å²) < 4.78 is 5.49. The van der Waals surface area contributed by atoms with E-state index in [-0.39, 0.29) is 18.5 Å². The number of ether oxygens (including phenoxy) is 1. The Morgan fingerprint density at radius 3 is 1.03 bits per heavy atom. The van der Waals surface area contributed by atoms with Gasteiger partial charge in [0.2, 0.25) is 5.91 Å². The third-order valence-electron chi connectivity index (χ3n) is 15.6. The van der Waals surface area contributed by atoms with Crippen molar-refractivity contribution in [2.75, 3.05) is 13.2 Å². The van der Waals surface area contributed by atoms with Gasteiger partial charge < -0.3 is 20.3 Å². The van der Waals surface area contributed by atoms with E-state index in [1.165, 1.54) is 276 Å². The molecule has 446 valence electrons. The molecule has 2 atom stereocenters. The zero-order valence-corrected chi connectivity index (χ0v) is 51.0. The summed E-state index contributed by atoms with van der Waals surface area (Å²) in [5, 5.41) is 23.2. The van der Waals surface area contributed by atoms with Gasteiger partial charge >= 0.3 is 5.97 Å². The number of aliphatic hydroxyl groups excluding tert-OH is 2. The van der Waals surface area contributed by atoms with Gasteiger partial charge in [-0.2, -0.15) is 0 Å². The molecular formula is C70H131NO5. The van der Waals surface area contributed by atoms with Crippen molar-refractivity contribution in [1.82, 2.24) is 5.32 Å². The molecule has 0 fully saturated rings. The number of allylic oxidation sites excluding steroid dienone is 7. The number of amides is 1. The molecule has 1 amide bonds. The van der Waals surface area contributed by atoms with Gasteiger partial charge in [0, 0.05) is 12.8 Å². The van der Waals surface area contributed by atoms with Crippen LogP contribution in [0.15, 0.2) is 48.6 Å². The summed E-state index contributed by atoms with van der Waals surface area (Å²) in [5.41, 5.74) is 0. The predicted molar refractivity (Wildman–Crippen MR) is 333 cm³/mol. The second-order valence-electron chi connectivity index (χ2n) is 23.1. The summed E-state index contributed by atoms with van der Waals surface area (Å²) in [6, 6.07) is -0.636. The van der Waals surface area contributed by atoms with Gasteiger partial charge in [-0.05, 0) is 89.9 Å². The molecule has 0 spiro atoms. The molecule has 0 aromatic carbocycles. The molecule has 0 radical (unpaired) electrons. The standard InChI is InChI=1S/C70H131NO5/c1-3-5-7-9-11-13-15-17-19-21-23-24-27-30-34-38-42-46-50-54-58-62-68(73)67(66-72)71-69(74)63-59-55-51-47-43-39-35-31-28-25-26-29-33-37-41-45-49-53-57-61-65-76-70(75)64-60-56-52-48-44-40-36-32-22-20-18-16-14-12-10-8-6-4-2/h14,16,20,22,25,28,58,62,67-68,72-73H,3-13,15,17-19,21,23-24,26-27,29-57,59-61,63-66H2,1-2H3,(H,71,74)/b16-14-,22-20-,28-25-,62-58+. The molecule has 2 unspecified atom stereocenters. The lowest BCUT2D eigenvalue weighted by atomic mass is 10.0. The fourth-order valence-corrected chi connectivity index (χ4v) is 10.4. The molecule has 6 nitrogen and oxygen atoms in total. The Morgan fingerprint density at radius 1 is 0.368 bits per heavy atom. The molecular weight excluding hydrogens is 935 g/mol. The Bertz CT molecular complexity index is 1270. The lowest BCUT2D eigenvalue weighted by Crippen LogP contribution is -2.45. The highest BCUT2D eigenvalue weighted by Crippen LogP contribution is 2.17. The molecule has 0 heterocycles. The van der Waals surface area contributed by atoms with Crippen molar-refractivity contribution in [2.24, 2.45) is 0 Å². The summed E-state index contributed by atoms with van der Waals surface area (Å²) in [5.74, 6) is -0.0758. The second kappa shape index (κ2) is 65.3. The lowest BCUT2D eigenvalue weighted by molar-refractivity contribution is -0.143. The van der Waals surface area contributed by atoms with Gasteiger partial charge in [0.25, 0.3) is 0 Å². The highest BCUT2D eigenvalue weighted by molar-refractivity contribution is 5.76. The van der Waals surface area contributed by atoms with Gasteiger partial charge in [0.05, 0.1) is 25.4 Å². The summed E-state index contributed by atoms with van der Waals surface area (Å²) >= 11 is 0. The number of hydrogen-bond acceptors (Lipinski definition) is 5. The smallest absolute Gasteiger partial charge is 0.305 e. The number of hydrogen-bond donors (Lipinski definition) is 3. The third-order valence-corrected chi connectivity index (χ3v) is 15.6. The topological polar surface area (TPSA) is 95.9 Å². The quantitative estimate of drug-likeness (QED) is 0.0320. The Morgan fingerprint density at radius 2 is 0.658 bits per heavy atom. The highest BCUT2D eigenvalue weighted by Gasteiger charge is 2.18. The van der Waals surface area contributed by atoms with Crippen LogP contribution in [-0.2, 0) is 14.3 Å². The molecule has 0 aliphatic rings. The van der Waals surface area contributed by atoms with Gasteiger partial charge in [0.1, 0.15) is 0 Å². The zero-order valence-electron chi connectivity index (χ0n) is 51.0. The molecule has 6 heteroatoms. The van der Waals surface area contributed by atoms with Crippen LogP contribution in [0, 0.1) is 0 Å². The third kappa shape index (κ3) is 61.0. The van der Waals surface area contributed by atoms with Gasteiger partial charge in [-0.1, -0.05) is 306 Å². The normalized spacial score (nSPS) is 12.8. The van der Waals surface area contributed by atoms with Crippen molar-refractivity contribution >= 4 is 11.9 Å². The Hall–Kier alpha value is -2.18. The number of carbonyl (C=O) groups is 2. The molecule has 3 N–H and O–H groups in total. The number of nitrogens with one attached hydrogen (secondary N) is 1. The van der Waals surface area contributed by atoms with E-state index in [1.54, 1.807) is 6.08 Å². The van der Waals surface area contributed by atoms with Crippen molar-refractivity contribution in [3.05, 3.63) is 48.6 Å². The van der Waals surface area contributed by atoms with Gasteiger partial charge in [-0.25, -0.2) is 0 Å². The first-order valence-electron chi connectivity index (χ1n) is 33.9. The average Bonchev–Trinajstić information content (AvgIpc) is 3.42. The monoisotopic (exact) mass is 1070 g/mol. The highest BCUT2D eigenvalue weighted by atomic mass is 16.5. The lowest BCUT2D eigenvalue weighted by Gasteiger charge is -2.20. The predicted octanol–water partition coefficient (Wildman–Crippen LogP) is 21.7. The minimum absolute atomic E-state index is 0.00159. The van der Waals surface area contributed by atoms with Gasteiger partial charge in [0.15, 0.2) is 0 Å². The molecule has 0 saturated carbocycles. The van der Waals surface area contributed by atoms with Crippen LogP contribution in [-0.4, -0.2) is 47.4 Å². The summed E-state index contributed by atoms with van der Waals surface area (Å²) in [6.07, 6.45) is 84.5. The van der Waals surface area contributed by atoms with E-state index < -0.39 is 12.1 Å². The van der Waals surface area contributed by atoms with E-state index >= 15 is 0 Å². The minimum atomic E-state index is -0.852. The number of esters is 1. The van der Waals surface area contributed by atoms with Crippen LogP contribution in [0.5, 0.6) is 0 Å².